The van der Waals surface area contributed by atoms with Gasteiger partial charge < -0.3 is 10.4 Å². The van der Waals surface area contributed by atoms with E-state index in [9.17, 15) is 14.7 Å². The van der Waals surface area contributed by atoms with E-state index >= 15 is 0 Å². The summed E-state index contributed by atoms with van der Waals surface area (Å²) in [6.07, 6.45) is 1.42. The Kier molecular flexibility index (Phi) is 4.20. The Hall–Kier alpha value is -1.62. The Morgan fingerprint density at radius 2 is 1.89 bits per heavy atom. The summed E-state index contributed by atoms with van der Waals surface area (Å²) in [7, 11) is 0. The van der Waals surface area contributed by atoms with Gasteiger partial charge in [-0.15, -0.1) is 0 Å². The first-order valence-corrected chi connectivity index (χ1v) is 6.13. The molecule has 0 fully saturated rings. The fraction of sp³-hybridized carbons (Fsp3) is 0.462. The number of carboxylic acid groups (broad SMARTS) is 1. The SMILES string of the molecule is CC(C)(NC(=O)c1cc(Cl)ccn1)C(C)(C)C(=O)O. The van der Waals surface area contributed by atoms with Gasteiger partial charge >= 0.3 is 5.97 Å². The van der Waals surface area contributed by atoms with Gasteiger partial charge in [0.15, 0.2) is 0 Å². The third-order valence-corrected chi connectivity index (χ3v) is 3.71. The molecular weight excluding hydrogens is 268 g/mol. The van der Waals surface area contributed by atoms with Crippen molar-refractivity contribution in [1.82, 2.24) is 10.3 Å². The lowest BCUT2D eigenvalue weighted by Crippen LogP contribution is -2.57. The number of halogens is 1. The van der Waals surface area contributed by atoms with Crippen molar-refractivity contribution in [3.8, 4) is 0 Å². The molecule has 0 unspecified atom stereocenters. The summed E-state index contributed by atoms with van der Waals surface area (Å²) in [6, 6.07) is 2.99. The smallest absolute Gasteiger partial charge is 0.311 e. The van der Waals surface area contributed by atoms with Crippen LogP contribution in [0.1, 0.15) is 38.2 Å². The molecule has 1 aromatic heterocycles. The standard InChI is InChI=1S/C13H17ClN2O3/c1-12(2,11(18)19)13(3,4)16-10(17)9-7-8(14)5-6-15-9/h5-7H,1-4H3,(H,16,17)(H,18,19). The van der Waals surface area contributed by atoms with Crippen LogP contribution in [-0.2, 0) is 4.79 Å². The van der Waals surface area contributed by atoms with E-state index in [-0.39, 0.29) is 5.69 Å². The van der Waals surface area contributed by atoms with Crippen LogP contribution >= 0.6 is 11.6 Å². The molecule has 0 aliphatic carbocycles. The fourth-order valence-electron chi connectivity index (χ4n) is 1.30. The molecule has 5 nitrogen and oxygen atoms in total. The maximum atomic E-state index is 12.1. The van der Waals surface area contributed by atoms with Crippen LogP contribution in [0.25, 0.3) is 0 Å². The van der Waals surface area contributed by atoms with E-state index in [0.717, 1.165) is 0 Å². The maximum absolute atomic E-state index is 12.1. The minimum absolute atomic E-state index is 0.154. The van der Waals surface area contributed by atoms with Gasteiger partial charge in [-0.3, -0.25) is 14.6 Å². The van der Waals surface area contributed by atoms with E-state index in [1.165, 1.54) is 12.3 Å². The second kappa shape index (κ2) is 5.17. The van der Waals surface area contributed by atoms with Crippen LogP contribution in [0.3, 0.4) is 0 Å². The Bertz CT molecular complexity index is 512. The van der Waals surface area contributed by atoms with Crippen LogP contribution in [0.4, 0.5) is 0 Å². The van der Waals surface area contributed by atoms with Crippen LogP contribution in [0, 0.1) is 5.41 Å². The summed E-state index contributed by atoms with van der Waals surface area (Å²) in [5.74, 6) is -1.45. The van der Waals surface area contributed by atoms with Crippen molar-refractivity contribution >= 4 is 23.5 Å². The predicted octanol–water partition coefficient (Wildman–Crippen LogP) is 2.35. The molecule has 0 spiro atoms. The Morgan fingerprint density at radius 1 is 1.32 bits per heavy atom. The second-order valence-corrected chi connectivity index (χ2v) is 5.81. The molecule has 0 bridgehead atoms. The van der Waals surface area contributed by atoms with Crippen molar-refractivity contribution in [3.63, 3.8) is 0 Å². The number of aliphatic carboxylic acids is 1. The average Bonchev–Trinajstić information content (AvgIpc) is 2.27. The lowest BCUT2D eigenvalue weighted by molar-refractivity contribution is -0.150. The molecule has 1 aromatic rings. The lowest BCUT2D eigenvalue weighted by atomic mass is 9.74. The highest BCUT2D eigenvalue weighted by Gasteiger charge is 2.44. The summed E-state index contributed by atoms with van der Waals surface area (Å²) in [5.41, 5.74) is -1.91. The number of hydrogen-bond donors (Lipinski definition) is 2. The highest BCUT2D eigenvalue weighted by Crippen LogP contribution is 2.30. The molecule has 6 heteroatoms. The number of hydrogen-bond acceptors (Lipinski definition) is 3. The Morgan fingerprint density at radius 3 is 2.37 bits per heavy atom. The number of pyridine rings is 1. The topological polar surface area (TPSA) is 79.3 Å². The number of carbonyl (C=O) groups is 2. The molecule has 0 aliphatic rings. The third-order valence-electron chi connectivity index (χ3n) is 3.48. The van der Waals surface area contributed by atoms with Crippen molar-refractivity contribution in [3.05, 3.63) is 29.0 Å². The minimum atomic E-state index is -1.12. The summed E-state index contributed by atoms with van der Waals surface area (Å²) >= 11 is 5.79. The maximum Gasteiger partial charge on any atom is 0.311 e. The van der Waals surface area contributed by atoms with Crippen LogP contribution in [0.15, 0.2) is 18.3 Å². The molecule has 0 atom stereocenters. The third kappa shape index (κ3) is 3.23. The summed E-state index contributed by atoms with van der Waals surface area (Å²) in [6.45, 7) is 6.43. The zero-order chi connectivity index (χ0) is 14.8. The Labute approximate surface area is 117 Å². The molecule has 0 saturated carbocycles. The first-order valence-electron chi connectivity index (χ1n) is 5.75. The first-order chi connectivity index (χ1) is 8.58. The first kappa shape index (κ1) is 15.4. The highest BCUT2D eigenvalue weighted by atomic mass is 35.5. The Balaban J connectivity index is 2.96. The highest BCUT2D eigenvalue weighted by molar-refractivity contribution is 6.30. The molecule has 0 radical (unpaired) electrons. The van der Waals surface area contributed by atoms with Crippen LogP contribution in [0.5, 0.6) is 0 Å². The molecule has 19 heavy (non-hydrogen) atoms. The minimum Gasteiger partial charge on any atom is -0.481 e. The van der Waals surface area contributed by atoms with Gasteiger partial charge in [-0.1, -0.05) is 11.6 Å². The number of aromatic nitrogens is 1. The molecule has 1 heterocycles. The van der Waals surface area contributed by atoms with Gasteiger partial charge in [0.05, 0.1) is 11.0 Å². The van der Waals surface area contributed by atoms with Crippen molar-refractivity contribution in [2.45, 2.75) is 33.2 Å². The number of rotatable bonds is 4. The zero-order valence-electron chi connectivity index (χ0n) is 11.3. The lowest BCUT2D eigenvalue weighted by Gasteiger charge is -2.38. The molecule has 0 aliphatic heterocycles. The summed E-state index contributed by atoms with van der Waals surface area (Å²) < 4.78 is 0. The van der Waals surface area contributed by atoms with Crippen LogP contribution in [0.2, 0.25) is 5.02 Å². The number of amides is 1. The fourth-order valence-corrected chi connectivity index (χ4v) is 1.46. The zero-order valence-corrected chi connectivity index (χ0v) is 12.1. The van der Waals surface area contributed by atoms with E-state index in [1.807, 2.05) is 0 Å². The molecule has 0 saturated heterocycles. The van der Waals surface area contributed by atoms with Crippen LogP contribution < -0.4 is 5.32 Å². The van der Waals surface area contributed by atoms with E-state index in [1.54, 1.807) is 33.8 Å². The van der Waals surface area contributed by atoms with Crippen molar-refractivity contribution in [2.75, 3.05) is 0 Å². The monoisotopic (exact) mass is 284 g/mol. The molecule has 2 N–H and O–H groups in total. The van der Waals surface area contributed by atoms with Gasteiger partial charge in [-0.05, 0) is 39.8 Å². The van der Waals surface area contributed by atoms with Gasteiger partial charge in [0.1, 0.15) is 5.69 Å². The normalized spacial score (nSPS) is 12.1. The number of carbonyl (C=O) groups excluding carboxylic acids is 1. The number of carboxylic acids is 1. The second-order valence-electron chi connectivity index (χ2n) is 5.37. The summed E-state index contributed by atoms with van der Waals surface area (Å²) in [5, 5.41) is 12.3. The van der Waals surface area contributed by atoms with E-state index in [0.29, 0.717) is 5.02 Å². The van der Waals surface area contributed by atoms with Gasteiger partial charge in [0.25, 0.3) is 5.91 Å². The van der Waals surface area contributed by atoms with Crippen molar-refractivity contribution < 1.29 is 14.7 Å². The quantitative estimate of drug-likeness (QED) is 0.889. The number of nitrogens with zero attached hydrogens (tertiary/aromatic N) is 1. The van der Waals surface area contributed by atoms with Crippen molar-refractivity contribution in [1.29, 1.82) is 0 Å². The molecule has 1 amide bonds. The summed E-state index contributed by atoms with van der Waals surface area (Å²) in [4.78, 5) is 27.2. The molecular formula is C13H17ClN2O3. The molecule has 104 valence electrons. The van der Waals surface area contributed by atoms with Gasteiger partial charge in [-0.25, -0.2) is 0 Å². The van der Waals surface area contributed by atoms with E-state index in [2.05, 4.69) is 10.3 Å². The van der Waals surface area contributed by atoms with Gasteiger partial charge in [0, 0.05) is 11.2 Å². The van der Waals surface area contributed by atoms with E-state index < -0.39 is 22.8 Å². The van der Waals surface area contributed by atoms with Gasteiger partial charge in [0.2, 0.25) is 0 Å². The largest absolute Gasteiger partial charge is 0.481 e. The van der Waals surface area contributed by atoms with Gasteiger partial charge in [-0.2, -0.15) is 0 Å². The number of nitrogens with one attached hydrogen (secondary N) is 1. The van der Waals surface area contributed by atoms with Crippen LogP contribution in [-0.4, -0.2) is 27.5 Å². The predicted molar refractivity (Wildman–Crippen MR) is 72.2 cm³/mol. The van der Waals surface area contributed by atoms with E-state index in [4.69, 9.17) is 11.6 Å². The molecule has 0 aromatic carbocycles. The van der Waals surface area contributed by atoms with Crippen molar-refractivity contribution in [2.24, 2.45) is 5.41 Å². The average molecular weight is 285 g/mol. The molecule has 1 rings (SSSR count).